The van der Waals surface area contributed by atoms with E-state index in [1.54, 1.807) is 25.3 Å². The SMILES string of the molecule is COc1nc(-c2cccc(-c3cccc(Nc4nc(C)cc5cnn(C)c(=O)c45)c3C)c2Cl)cc2c1[C@H](N1CC[C@@]3(CCN(CCO)C(=O)N3)C1)CC2. The molecule has 2 saturated heterocycles. The first-order valence-electron chi connectivity index (χ1n) is 18.1. The Morgan fingerprint density at radius 2 is 1.83 bits per heavy atom. The van der Waals surface area contributed by atoms with E-state index < -0.39 is 0 Å². The van der Waals surface area contributed by atoms with Gasteiger partial charge >= 0.3 is 6.03 Å². The van der Waals surface area contributed by atoms with Crippen LogP contribution in [0.15, 0.2) is 59.5 Å². The zero-order valence-electron chi connectivity index (χ0n) is 30.4. The van der Waals surface area contributed by atoms with Crippen LogP contribution in [0.3, 0.4) is 0 Å². The van der Waals surface area contributed by atoms with Crippen LogP contribution in [-0.4, -0.2) is 86.1 Å². The Bertz CT molecular complexity index is 2330. The van der Waals surface area contributed by atoms with Crippen LogP contribution < -0.4 is 20.9 Å². The van der Waals surface area contributed by atoms with Crippen molar-refractivity contribution >= 4 is 39.9 Å². The minimum atomic E-state index is -0.260. The molecule has 12 nitrogen and oxygen atoms in total. The molecule has 3 aromatic heterocycles. The van der Waals surface area contributed by atoms with E-state index in [0.717, 1.165) is 89.1 Å². The maximum absolute atomic E-state index is 13.1. The van der Waals surface area contributed by atoms with E-state index in [1.165, 1.54) is 10.2 Å². The number of fused-ring (bicyclic) bond motifs is 2. The van der Waals surface area contributed by atoms with Crippen LogP contribution in [0.5, 0.6) is 5.88 Å². The summed E-state index contributed by atoms with van der Waals surface area (Å²) in [7, 11) is 3.30. The van der Waals surface area contributed by atoms with Gasteiger partial charge in [-0.2, -0.15) is 5.10 Å². The Balaban J connectivity index is 1.09. The smallest absolute Gasteiger partial charge is 0.317 e. The molecule has 8 rings (SSSR count). The summed E-state index contributed by atoms with van der Waals surface area (Å²) >= 11 is 7.28. The highest BCUT2D eigenvalue weighted by Gasteiger charge is 2.46. The third-order valence-corrected chi connectivity index (χ3v) is 11.7. The van der Waals surface area contributed by atoms with Gasteiger partial charge in [0, 0.05) is 72.7 Å². The molecule has 3 N–H and O–H groups in total. The number of hydrogen-bond acceptors (Lipinski definition) is 9. The molecule has 2 aromatic carbocycles. The molecular weight excluding hydrogens is 692 g/mol. The minimum Gasteiger partial charge on any atom is -0.481 e. The lowest BCUT2D eigenvalue weighted by Crippen LogP contribution is -2.61. The molecule has 13 heteroatoms. The second-order valence-electron chi connectivity index (χ2n) is 14.5. The van der Waals surface area contributed by atoms with E-state index >= 15 is 0 Å². The number of ether oxygens (including phenoxy) is 1. The molecule has 2 amide bonds. The molecule has 2 aliphatic heterocycles. The van der Waals surface area contributed by atoms with Gasteiger partial charge < -0.3 is 25.4 Å². The molecule has 5 heterocycles. The monoisotopic (exact) mass is 734 g/mol. The Kier molecular flexibility index (Phi) is 9.08. The lowest BCUT2D eigenvalue weighted by Gasteiger charge is -2.40. The third kappa shape index (κ3) is 6.18. The number of β-amino-alcohol motifs (C(OH)–C–C–N with tert-alkyl or cyclic N) is 1. The fourth-order valence-electron chi connectivity index (χ4n) is 8.48. The maximum atomic E-state index is 13.1. The fourth-order valence-corrected chi connectivity index (χ4v) is 8.80. The molecule has 3 aliphatic rings. The number of likely N-dealkylation sites (tertiary alicyclic amines) is 1. The molecule has 53 heavy (non-hydrogen) atoms. The summed E-state index contributed by atoms with van der Waals surface area (Å²) in [5.41, 5.74) is 7.73. The Morgan fingerprint density at radius 3 is 2.62 bits per heavy atom. The van der Waals surface area contributed by atoms with Crippen LogP contribution in [-0.2, 0) is 13.5 Å². The van der Waals surface area contributed by atoms with Gasteiger partial charge in [0.15, 0.2) is 0 Å². The van der Waals surface area contributed by atoms with E-state index in [1.807, 2.05) is 56.3 Å². The number of nitrogens with zero attached hydrogens (tertiary/aromatic N) is 6. The van der Waals surface area contributed by atoms with Gasteiger partial charge in [0.25, 0.3) is 5.56 Å². The predicted octanol–water partition coefficient (Wildman–Crippen LogP) is 5.92. The van der Waals surface area contributed by atoms with Crippen LogP contribution in [0.4, 0.5) is 16.3 Å². The highest BCUT2D eigenvalue weighted by Crippen LogP contribution is 2.47. The number of rotatable bonds is 8. The highest BCUT2D eigenvalue weighted by atomic mass is 35.5. The number of benzene rings is 2. The van der Waals surface area contributed by atoms with Crippen molar-refractivity contribution in [2.75, 3.05) is 45.2 Å². The molecule has 2 atom stereocenters. The summed E-state index contributed by atoms with van der Waals surface area (Å²) in [4.78, 5) is 39.8. The van der Waals surface area contributed by atoms with Crippen molar-refractivity contribution in [3.8, 4) is 28.3 Å². The maximum Gasteiger partial charge on any atom is 0.317 e. The third-order valence-electron chi connectivity index (χ3n) is 11.2. The number of aromatic nitrogens is 4. The van der Waals surface area contributed by atoms with Gasteiger partial charge in [0.05, 0.1) is 41.6 Å². The van der Waals surface area contributed by atoms with Crippen LogP contribution in [0.2, 0.25) is 5.02 Å². The first-order chi connectivity index (χ1) is 25.6. The number of urea groups is 1. The van der Waals surface area contributed by atoms with Gasteiger partial charge in [-0.1, -0.05) is 41.9 Å². The number of aliphatic hydroxyl groups excluding tert-OH is 1. The van der Waals surface area contributed by atoms with Crippen molar-refractivity contribution in [2.45, 2.75) is 51.1 Å². The van der Waals surface area contributed by atoms with Crippen molar-refractivity contribution in [1.82, 2.24) is 34.9 Å². The number of hydrogen-bond donors (Lipinski definition) is 3. The molecule has 1 spiro atoms. The zero-order chi connectivity index (χ0) is 37.0. The van der Waals surface area contributed by atoms with Gasteiger partial charge in [-0.3, -0.25) is 9.69 Å². The normalized spacial score (nSPS) is 19.9. The fraction of sp³-hybridized carbons (Fsp3) is 0.375. The van der Waals surface area contributed by atoms with Crippen molar-refractivity contribution in [3.05, 3.63) is 92.5 Å². The number of methoxy groups -OCH3 is 1. The zero-order valence-corrected chi connectivity index (χ0v) is 31.1. The summed E-state index contributed by atoms with van der Waals surface area (Å²) in [5.74, 6) is 1.08. The first-order valence-corrected chi connectivity index (χ1v) is 18.5. The Hall–Kier alpha value is -5.04. The van der Waals surface area contributed by atoms with Crippen molar-refractivity contribution < 1.29 is 14.6 Å². The molecular formula is C40H43ClN8O4. The lowest BCUT2D eigenvalue weighted by atomic mass is 9.92. The van der Waals surface area contributed by atoms with E-state index in [9.17, 15) is 14.7 Å². The molecule has 0 saturated carbocycles. The Morgan fingerprint density at radius 1 is 1.06 bits per heavy atom. The first kappa shape index (κ1) is 35.0. The second kappa shape index (κ2) is 13.7. The molecule has 0 bridgehead atoms. The van der Waals surface area contributed by atoms with Crippen LogP contribution >= 0.6 is 11.6 Å². The second-order valence-corrected chi connectivity index (χ2v) is 14.8. The molecule has 0 radical (unpaired) electrons. The molecule has 274 valence electrons. The number of pyridine rings is 2. The number of halogens is 1. The van der Waals surface area contributed by atoms with Gasteiger partial charge in [-0.15, -0.1) is 0 Å². The van der Waals surface area contributed by atoms with E-state index in [4.69, 9.17) is 26.3 Å². The average Bonchev–Trinajstić information content (AvgIpc) is 3.76. The number of nitrogens with one attached hydrogen (secondary N) is 2. The minimum absolute atomic E-state index is 0.0349. The van der Waals surface area contributed by atoms with E-state index in [0.29, 0.717) is 35.2 Å². The number of anilines is 2. The van der Waals surface area contributed by atoms with Gasteiger partial charge in [0.1, 0.15) is 5.82 Å². The summed E-state index contributed by atoms with van der Waals surface area (Å²) in [6.07, 6.45) is 5.25. The predicted molar refractivity (Wildman–Crippen MR) is 206 cm³/mol. The summed E-state index contributed by atoms with van der Waals surface area (Å²) in [6.45, 7) is 6.54. The summed E-state index contributed by atoms with van der Waals surface area (Å²) < 4.78 is 7.30. The quantitative estimate of drug-likeness (QED) is 0.178. The van der Waals surface area contributed by atoms with E-state index in [-0.39, 0.29) is 29.8 Å². The van der Waals surface area contributed by atoms with Crippen LogP contribution in [0, 0.1) is 13.8 Å². The lowest BCUT2D eigenvalue weighted by molar-refractivity contribution is 0.127. The molecule has 2 fully saturated rings. The molecule has 5 aromatic rings. The number of carbonyl (C=O) groups is 1. The van der Waals surface area contributed by atoms with E-state index in [2.05, 4.69) is 26.7 Å². The van der Waals surface area contributed by atoms with Crippen LogP contribution in [0.25, 0.3) is 33.2 Å². The topological polar surface area (TPSA) is 138 Å². The van der Waals surface area contributed by atoms with Crippen molar-refractivity contribution in [2.24, 2.45) is 7.05 Å². The number of aryl methyl sites for hydroxylation is 3. The molecule has 1 aliphatic carbocycles. The van der Waals surface area contributed by atoms with Gasteiger partial charge in [-0.05, 0) is 74.4 Å². The van der Waals surface area contributed by atoms with Crippen molar-refractivity contribution in [1.29, 1.82) is 0 Å². The molecule has 0 unspecified atom stereocenters. The summed E-state index contributed by atoms with van der Waals surface area (Å²) in [6, 6.07) is 16.0. The van der Waals surface area contributed by atoms with Gasteiger partial charge in [0.2, 0.25) is 5.88 Å². The highest BCUT2D eigenvalue weighted by molar-refractivity contribution is 6.36. The summed E-state index contributed by atoms with van der Waals surface area (Å²) in [5, 5.41) is 22.0. The average molecular weight is 735 g/mol. The Labute approximate surface area is 312 Å². The van der Waals surface area contributed by atoms with Crippen LogP contribution in [0.1, 0.15) is 47.7 Å². The number of aliphatic hydroxyl groups is 1. The standard InChI is InChI=1S/C40H43ClN8O4/c1-23-19-26-21-42-47(3)38(51)34(26)36(43-23)44-30-10-6-7-27(24(30)2)28-8-5-9-29(35(28)41)31-20-25-11-12-32(33(25)37(45-31)53-4)49-16-14-40(22-49)13-15-48(17-18-50)39(52)46-40/h5-10,19-21,32,50H,11-18,22H2,1-4H3,(H,43,44)(H,46,52)/t32-,40+/m1/s1. The largest absolute Gasteiger partial charge is 0.481 e. The number of amides is 2. The van der Waals surface area contributed by atoms with Crippen molar-refractivity contribution in [3.63, 3.8) is 0 Å². The number of carbonyl (C=O) groups excluding carboxylic acids is 1. The van der Waals surface area contributed by atoms with Gasteiger partial charge in [-0.25, -0.2) is 19.4 Å².